The van der Waals surface area contributed by atoms with Gasteiger partial charge in [0.15, 0.2) is 17.7 Å². The van der Waals surface area contributed by atoms with Crippen molar-refractivity contribution >= 4 is 11.8 Å². The lowest BCUT2D eigenvalue weighted by molar-refractivity contribution is -0.221. The van der Waals surface area contributed by atoms with Gasteiger partial charge in [0.25, 0.3) is 0 Å². The van der Waals surface area contributed by atoms with E-state index < -0.39 is 24.6 Å². The predicted octanol–water partition coefficient (Wildman–Crippen LogP) is 1.42. The molecule has 1 unspecified atom stereocenters. The molecule has 5 nitrogen and oxygen atoms in total. The summed E-state index contributed by atoms with van der Waals surface area (Å²) in [7, 11) is 1.47. The highest BCUT2D eigenvalue weighted by molar-refractivity contribution is 5.42. The summed E-state index contributed by atoms with van der Waals surface area (Å²) in [5.74, 6) is -0.671. The third-order valence-electron chi connectivity index (χ3n) is 2.68. The van der Waals surface area contributed by atoms with E-state index in [9.17, 15) is 17.6 Å². The van der Waals surface area contributed by atoms with E-state index in [0.717, 1.165) is 6.20 Å². The standard InChI is InChI=1S/C10H12F4N4O/c1-15-8-6(11)4-16-9(17-8)18-2-3-19-7(5-18)10(12,13)14/h4,7H,2-3,5H2,1H3,(H,15,16,17). The Labute approximate surface area is 106 Å². The fraction of sp³-hybridized carbons (Fsp3) is 0.600. The lowest BCUT2D eigenvalue weighted by Crippen LogP contribution is -2.49. The van der Waals surface area contributed by atoms with Crippen LogP contribution in [0.3, 0.4) is 0 Å². The number of rotatable bonds is 2. The van der Waals surface area contributed by atoms with Crippen molar-refractivity contribution in [1.82, 2.24) is 9.97 Å². The van der Waals surface area contributed by atoms with E-state index in [1.165, 1.54) is 11.9 Å². The van der Waals surface area contributed by atoms with Crippen LogP contribution in [0.4, 0.5) is 29.3 Å². The van der Waals surface area contributed by atoms with Crippen LogP contribution in [0, 0.1) is 5.82 Å². The number of morpholine rings is 1. The van der Waals surface area contributed by atoms with Gasteiger partial charge in [0, 0.05) is 13.6 Å². The van der Waals surface area contributed by atoms with E-state index in [1.807, 2.05) is 0 Å². The van der Waals surface area contributed by atoms with Gasteiger partial charge in [-0.3, -0.25) is 0 Å². The number of hydrogen-bond donors (Lipinski definition) is 1. The molecule has 1 aromatic heterocycles. The zero-order valence-corrected chi connectivity index (χ0v) is 10.0. The van der Waals surface area contributed by atoms with Gasteiger partial charge in [-0.2, -0.15) is 18.2 Å². The Morgan fingerprint density at radius 1 is 1.47 bits per heavy atom. The first-order valence-corrected chi connectivity index (χ1v) is 5.55. The quantitative estimate of drug-likeness (QED) is 0.830. The summed E-state index contributed by atoms with van der Waals surface area (Å²) in [5.41, 5.74) is 0. The second-order valence-corrected chi connectivity index (χ2v) is 3.96. The van der Waals surface area contributed by atoms with E-state index in [-0.39, 0.29) is 24.9 Å². The maximum Gasteiger partial charge on any atom is 0.416 e. The van der Waals surface area contributed by atoms with Crippen molar-refractivity contribution in [2.24, 2.45) is 0 Å². The number of anilines is 2. The molecule has 9 heteroatoms. The zero-order chi connectivity index (χ0) is 14.0. The number of aromatic nitrogens is 2. The monoisotopic (exact) mass is 280 g/mol. The van der Waals surface area contributed by atoms with E-state index in [0.29, 0.717) is 0 Å². The Bertz CT molecular complexity index is 454. The van der Waals surface area contributed by atoms with Gasteiger partial charge >= 0.3 is 6.18 Å². The third kappa shape index (κ3) is 3.03. The number of ether oxygens (including phenoxy) is 1. The van der Waals surface area contributed by atoms with Gasteiger partial charge in [-0.05, 0) is 0 Å². The molecule has 1 N–H and O–H groups in total. The summed E-state index contributed by atoms with van der Waals surface area (Å²) in [5, 5.41) is 2.51. The van der Waals surface area contributed by atoms with Gasteiger partial charge < -0.3 is 15.0 Å². The summed E-state index contributed by atoms with van der Waals surface area (Å²) in [6, 6.07) is 0. The Morgan fingerprint density at radius 2 is 2.21 bits per heavy atom. The minimum absolute atomic E-state index is 0.0447. The van der Waals surface area contributed by atoms with E-state index >= 15 is 0 Å². The third-order valence-corrected chi connectivity index (χ3v) is 2.68. The fourth-order valence-corrected chi connectivity index (χ4v) is 1.71. The molecule has 0 radical (unpaired) electrons. The second kappa shape index (κ2) is 5.16. The highest BCUT2D eigenvalue weighted by Crippen LogP contribution is 2.27. The van der Waals surface area contributed by atoms with Crippen molar-refractivity contribution in [1.29, 1.82) is 0 Å². The maximum atomic E-state index is 13.2. The van der Waals surface area contributed by atoms with Gasteiger partial charge in [0.1, 0.15) is 0 Å². The average Bonchev–Trinajstić information content (AvgIpc) is 2.38. The molecule has 2 heterocycles. The van der Waals surface area contributed by atoms with Crippen LogP contribution < -0.4 is 10.2 Å². The van der Waals surface area contributed by atoms with Gasteiger partial charge in [0.05, 0.1) is 19.3 Å². The van der Waals surface area contributed by atoms with Crippen LogP contribution in [0.1, 0.15) is 0 Å². The van der Waals surface area contributed by atoms with Crippen molar-refractivity contribution in [3.8, 4) is 0 Å². The molecule has 106 valence electrons. The lowest BCUT2D eigenvalue weighted by Gasteiger charge is -2.33. The molecule has 1 aliphatic heterocycles. The van der Waals surface area contributed by atoms with E-state index in [2.05, 4.69) is 20.0 Å². The van der Waals surface area contributed by atoms with Crippen LogP contribution in [0.5, 0.6) is 0 Å². The van der Waals surface area contributed by atoms with Crippen LogP contribution >= 0.6 is 0 Å². The van der Waals surface area contributed by atoms with Gasteiger partial charge in [0.2, 0.25) is 5.95 Å². The first-order valence-electron chi connectivity index (χ1n) is 5.55. The second-order valence-electron chi connectivity index (χ2n) is 3.96. The summed E-state index contributed by atoms with van der Waals surface area (Å²) < 4.78 is 55.6. The molecule has 2 rings (SSSR count). The Balaban J connectivity index is 2.17. The van der Waals surface area contributed by atoms with Crippen LogP contribution in [0.15, 0.2) is 6.20 Å². The molecule has 0 bridgehead atoms. The molecule has 19 heavy (non-hydrogen) atoms. The number of alkyl halides is 3. The Kier molecular flexibility index (Phi) is 3.74. The lowest BCUT2D eigenvalue weighted by atomic mass is 10.2. The number of nitrogens with one attached hydrogen (secondary N) is 1. The van der Waals surface area contributed by atoms with E-state index in [4.69, 9.17) is 0 Å². The Morgan fingerprint density at radius 3 is 2.84 bits per heavy atom. The molecule has 0 saturated carbocycles. The first kappa shape index (κ1) is 13.8. The number of hydrogen-bond acceptors (Lipinski definition) is 5. The molecule has 1 fully saturated rings. The SMILES string of the molecule is CNc1nc(N2CCOC(C(F)(F)F)C2)ncc1F. The molecule has 1 aromatic rings. The largest absolute Gasteiger partial charge is 0.416 e. The summed E-state index contributed by atoms with van der Waals surface area (Å²) in [4.78, 5) is 8.86. The molecule has 1 aliphatic rings. The smallest absolute Gasteiger partial charge is 0.371 e. The molecular weight excluding hydrogens is 268 g/mol. The minimum Gasteiger partial charge on any atom is -0.371 e. The predicted molar refractivity (Wildman–Crippen MR) is 59.5 cm³/mol. The van der Waals surface area contributed by atoms with Gasteiger partial charge in [-0.1, -0.05) is 0 Å². The van der Waals surface area contributed by atoms with Crippen molar-refractivity contribution in [2.45, 2.75) is 12.3 Å². The first-order chi connectivity index (χ1) is 8.91. The summed E-state index contributed by atoms with van der Waals surface area (Å²) >= 11 is 0. The van der Waals surface area contributed by atoms with Gasteiger partial charge in [-0.15, -0.1) is 0 Å². The highest BCUT2D eigenvalue weighted by Gasteiger charge is 2.43. The molecular formula is C10H12F4N4O. The van der Waals surface area contributed by atoms with Gasteiger partial charge in [-0.25, -0.2) is 9.37 Å². The molecule has 0 spiro atoms. The topological polar surface area (TPSA) is 50.3 Å². The van der Waals surface area contributed by atoms with Crippen LogP contribution in [0.2, 0.25) is 0 Å². The highest BCUT2D eigenvalue weighted by atomic mass is 19.4. The number of halogens is 4. The molecule has 1 saturated heterocycles. The Hall–Kier alpha value is -1.64. The van der Waals surface area contributed by atoms with Crippen molar-refractivity contribution in [3.05, 3.63) is 12.0 Å². The van der Waals surface area contributed by atoms with E-state index in [1.54, 1.807) is 0 Å². The van der Waals surface area contributed by atoms with Crippen molar-refractivity contribution < 1.29 is 22.3 Å². The fourth-order valence-electron chi connectivity index (χ4n) is 1.71. The normalized spacial score (nSPS) is 20.5. The molecule has 0 amide bonds. The molecule has 0 aromatic carbocycles. The summed E-state index contributed by atoms with van der Waals surface area (Å²) in [6.07, 6.45) is -5.40. The molecule has 0 aliphatic carbocycles. The van der Waals surface area contributed by atoms with Crippen molar-refractivity contribution in [3.63, 3.8) is 0 Å². The molecule has 1 atom stereocenters. The van der Waals surface area contributed by atoms with Crippen LogP contribution in [-0.2, 0) is 4.74 Å². The maximum absolute atomic E-state index is 13.2. The number of nitrogens with zero attached hydrogens (tertiary/aromatic N) is 3. The van der Waals surface area contributed by atoms with Crippen LogP contribution in [-0.4, -0.2) is 49.0 Å². The van der Waals surface area contributed by atoms with Crippen molar-refractivity contribution in [2.75, 3.05) is 37.0 Å². The average molecular weight is 280 g/mol. The minimum atomic E-state index is -4.44. The zero-order valence-electron chi connectivity index (χ0n) is 10.0. The summed E-state index contributed by atoms with van der Waals surface area (Å²) in [6.45, 7) is -0.264. The van der Waals surface area contributed by atoms with Crippen LogP contribution in [0.25, 0.3) is 0 Å².